The average Bonchev–Trinajstić information content (AvgIpc) is 2.86. The van der Waals surface area contributed by atoms with Crippen molar-refractivity contribution in [1.29, 1.82) is 0 Å². The molecule has 2 nitrogen and oxygen atoms in total. The average molecular weight is 231 g/mol. The molecular weight excluding hydrogens is 216 g/mol. The summed E-state index contributed by atoms with van der Waals surface area (Å²) in [7, 11) is 0. The van der Waals surface area contributed by atoms with Gasteiger partial charge in [0.15, 0.2) is 0 Å². The Kier molecular flexibility index (Phi) is 3.79. The van der Waals surface area contributed by atoms with Crippen molar-refractivity contribution in [3.05, 3.63) is 16.1 Å². The Morgan fingerprint density at radius 1 is 1.43 bits per heavy atom. The highest BCUT2D eigenvalue weighted by Gasteiger charge is 2.11. The number of nitrogens with zero attached hydrogens (tertiary/aromatic N) is 2. The topological polar surface area (TPSA) is 16.1 Å². The minimum atomic E-state index is 0.542. The van der Waals surface area contributed by atoms with Gasteiger partial charge in [-0.3, -0.25) is 0 Å². The van der Waals surface area contributed by atoms with E-state index in [1.54, 1.807) is 11.3 Å². The second kappa shape index (κ2) is 5.10. The van der Waals surface area contributed by atoms with E-state index in [4.69, 9.17) is 11.6 Å². The summed E-state index contributed by atoms with van der Waals surface area (Å²) in [4.78, 5) is 6.97. The van der Waals surface area contributed by atoms with Crippen LogP contribution in [-0.4, -0.2) is 29.5 Å². The maximum atomic E-state index is 5.70. The van der Waals surface area contributed by atoms with Crippen molar-refractivity contribution in [3.8, 4) is 0 Å². The number of likely N-dealkylation sites (tertiary alicyclic amines) is 1. The van der Waals surface area contributed by atoms with Crippen LogP contribution in [0.2, 0.25) is 0 Å². The van der Waals surface area contributed by atoms with Gasteiger partial charge < -0.3 is 4.90 Å². The van der Waals surface area contributed by atoms with Gasteiger partial charge in [0.25, 0.3) is 0 Å². The second-order valence-corrected chi connectivity index (χ2v) is 4.87. The van der Waals surface area contributed by atoms with E-state index in [0.29, 0.717) is 5.88 Å². The van der Waals surface area contributed by atoms with Gasteiger partial charge in [-0.2, -0.15) is 0 Å². The molecule has 0 bridgehead atoms. The molecule has 0 N–H and O–H groups in total. The Morgan fingerprint density at radius 3 is 2.86 bits per heavy atom. The van der Waals surface area contributed by atoms with Gasteiger partial charge in [-0.25, -0.2) is 4.98 Å². The monoisotopic (exact) mass is 230 g/mol. The molecular formula is C10H15ClN2S. The van der Waals surface area contributed by atoms with Gasteiger partial charge >= 0.3 is 0 Å². The molecule has 0 saturated carbocycles. The van der Waals surface area contributed by atoms with Gasteiger partial charge in [-0.1, -0.05) is 0 Å². The summed E-state index contributed by atoms with van der Waals surface area (Å²) in [6, 6.07) is 0. The molecule has 2 rings (SSSR count). The molecule has 14 heavy (non-hydrogen) atoms. The Labute approximate surface area is 93.9 Å². The van der Waals surface area contributed by atoms with E-state index in [1.165, 1.54) is 30.9 Å². The van der Waals surface area contributed by atoms with E-state index in [9.17, 15) is 0 Å². The molecule has 78 valence electrons. The Morgan fingerprint density at radius 2 is 2.21 bits per heavy atom. The maximum Gasteiger partial charge on any atom is 0.0941 e. The van der Waals surface area contributed by atoms with E-state index in [1.807, 2.05) is 0 Å². The van der Waals surface area contributed by atoms with Gasteiger partial charge in [0.2, 0.25) is 0 Å². The third kappa shape index (κ3) is 2.69. The summed E-state index contributed by atoms with van der Waals surface area (Å²) >= 11 is 7.44. The number of hydrogen-bond donors (Lipinski definition) is 0. The van der Waals surface area contributed by atoms with Gasteiger partial charge in [0.05, 0.1) is 16.6 Å². The highest BCUT2D eigenvalue weighted by atomic mass is 35.5. The van der Waals surface area contributed by atoms with E-state index in [-0.39, 0.29) is 0 Å². The maximum absolute atomic E-state index is 5.70. The largest absolute Gasteiger partial charge is 0.303 e. The SMILES string of the molecule is ClCc1csc(CCN2CCCC2)n1. The third-order valence-corrected chi connectivity index (χ3v) is 3.81. The first-order chi connectivity index (χ1) is 6.88. The van der Waals surface area contributed by atoms with Crippen molar-refractivity contribution in [3.63, 3.8) is 0 Å². The Bertz CT molecular complexity index is 281. The number of halogens is 1. The number of aromatic nitrogens is 1. The molecule has 0 atom stereocenters. The zero-order valence-electron chi connectivity index (χ0n) is 8.21. The number of alkyl halides is 1. The van der Waals surface area contributed by atoms with Crippen LogP contribution < -0.4 is 0 Å². The lowest BCUT2D eigenvalue weighted by atomic mass is 10.4. The van der Waals surface area contributed by atoms with Crippen molar-refractivity contribution < 1.29 is 0 Å². The first kappa shape index (κ1) is 10.4. The van der Waals surface area contributed by atoms with Crippen LogP contribution in [0.5, 0.6) is 0 Å². The molecule has 4 heteroatoms. The van der Waals surface area contributed by atoms with Crippen LogP contribution in [0.4, 0.5) is 0 Å². The van der Waals surface area contributed by atoms with Gasteiger partial charge in [-0.05, 0) is 25.9 Å². The van der Waals surface area contributed by atoms with Crippen LogP contribution in [0, 0.1) is 0 Å². The number of rotatable bonds is 4. The summed E-state index contributed by atoms with van der Waals surface area (Å²) < 4.78 is 0. The van der Waals surface area contributed by atoms with Crippen molar-refractivity contribution in [2.75, 3.05) is 19.6 Å². The van der Waals surface area contributed by atoms with Crippen molar-refractivity contribution in [2.45, 2.75) is 25.1 Å². The van der Waals surface area contributed by atoms with E-state index >= 15 is 0 Å². The van der Waals surface area contributed by atoms with Crippen molar-refractivity contribution in [2.24, 2.45) is 0 Å². The molecule has 0 aliphatic carbocycles. The molecule has 1 aromatic rings. The molecule has 1 aromatic heterocycles. The zero-order chi connectivity index (χ0) is 9.80. The summed E-state index contributed by atoms with van der Waals surface area (Å²) in [5, 5.41) is 3.29. The van der Waals surface area contributed by atoms with E-state index in [0.717, 1.165) is 18.7 Å². The molecule has 0 aromatic carbocycles. The van der Waals surface area contributed by atoms with Crippen molar-refractivity contribution >= 4 is 22.9 Å². The van der Waals surface area contributed by atoms with Gasteiger partial charge in [0.1, 0.15) is 0 Å². The molecule has 1 fully saturated rings. The summed E-state index contributed by atoms with van der Waals surface area (Å²) in [6.45, 7) is 3.71. The quantitative estimate of drug-likeness (QED) is 0.739. The first-order valence-electron chi connectivity index (χ1n) is 5.10. The van der Waals surface area contributed by atoms with E-state index in [2.05, 4.69) is 15.3 Å². The Balaban J connectivity index is 1.79. The number of thiazole rings is 1. The minimum Gasteiger partial charge on any atom is -0.303 e. The lowest BCUT2D eigenvalue weighted by Crippen LogP contribution is -2.21. The summed E-state index contributed by atoms with van der Waals surface area (Å²) in [6.07, 6.45) is 3.82. The van der Waals surface area contributed by atoms with Crippen LogP contribution in [0.25, 0.3) is 0 Å². The number of hydrogen-bond acceptors (Lipinski definition) is 3. The van der Waals surface area contributed by atoms with Crippen molar-refractivity contribution in [1.82, 2.24) is 9.88 Å². The smallest absolute Gasteiger partial charge is 0.0941 e. The molecule has 0 spiro atoms. The fraction of sp³-hybridized carbons (Fsp3) is 0.700. The van der Waals surface area contributed by atoms with Crippen LogP contribution in [0.15, 0.2) is 5.38 Å². The van der Waals surface area contributed by atoms with Crippen LogP contribution in [0.3, 0.4) is 0 Å². The van der Waals surface area contributed by atoms with Gasteiger partial charge in [-0.15, -0.1) is 22.9 Å². The normalized spacial score (nSPS) is 17.8. The highest BCUT2D eigenvalue weighted by molar-refractivity contribution is 7.09. The van der Waals surface area contributed by atoms with Crippen LogP contribution in [-0.2, 0) is 12.3 Å². The molecule has 0 amide bonds. The lowest BCUT2D eigenvalue weighted by molar-refractivity contribution is 0.343. The molecule has 1 aliphatic heterocycles. The standard InChI is InChI=1S/C10H15ClN2S/c11-7-9-8-14-10(12-9)3-6-13-4-1-2-5-13/h8H,1-7H2. The highest BCUT2D eigenvalue weighted by Crippen LogP contribution is 2.14. The van der Waals surface area contributed by atoms with Crippen LogP contribution in [0.1, 0.15) is 23.5 Å². The third-order valence-electron chi connectivity index (χ3n) is 2.58. The Hall–Kier alpha value is -0.120. The molecule has 0 radical (unpaired) electrons. The van der Waals surface area contributed by atoms with Crippen LogP contribution >= 0.6 is 22.9 Å². The van der Waals surface area contributed by atoms with E-state index < -0.39 is 0 Å². The summed E-state index contributed by atoms with van der Waals surface area (Å²) in [5.74, 6) is 0.542. The molecule has 1 saturated heterocycles. The predicted molar refractivity (Wildman–Crippen MR) is 61.0 cm³/mol. The lowest BCUT2D eigenvalue weighted by Gasteiger charge is -2.12. The summed E-state index contributed by atoms with van der Waals surface area (Å²) in [5.41, 5.74) is 1.02. The molecule has 0 unspecified atom stereocenters. The predicted octanol–water partition coefficient (Wildman–Crippen LogP) is 2.52. The molecule has 1 aliphatic rings. The molecule has 2 heterocycles. The fourth-order valence-electron chi connectivity index (χ4n) is 1.79. The fourth-order valence-corrected chi connectivity index (χ4v) is 2.80. The first-order valence-corrected chi connectivity index (χ1v) is 6.51. The zero-order valence-corrected chi connectivity index (χ0v) is 9.78. The van der Waals surface area contributed by atoms with Gasteiger partial charge in [0, 0.05) is 18.3 Å². The second-order valence-electron chi connectivity index (χ2n) is 3.66. The minimum absolute atomic E-state index is 0.542.